The molecule has 0 saturated carbocycles. The maximum atomic E-state index is 13.9. The molecule has 7 nitrogen and oxygen atoms in total. The van der Waals surface area contributed by atoms with Gasteiger partial charge in [0.1, 0.15) is 28.8 Å². The summed E-state index contributed by atoms with van der Waals surface area (Å²) in [4.78, 5) is 16.3. The van der Waals surface area contributed by atoms with Gasteiger partial charge in [-0.2, -0.15) is 5.26 Å². The SMILES string of the molecule is COc1c([C@@H]2CN3CCN(C(=O)OC(C)(C)C)C[C@H]3CO2)ccc(F)c1C#N. The van der Waals surface area contributed by atoms with E-state index in [4.69, 9.17) is 14.2 Å². The van der Waals surface area contributed by atoms with Crippen LogP contribution < -0.4 is 4.74 Å². The van der Waals surface area contributed by atoms with Gasteiger partial charge in [-0.15, -0.1) is 0 Å². The molecule has 152 valence electrons. The van der Waals surface area contributed by atoms with E-state index in [1.54, 1.807) is 11.0 Å². The highest BCUT2D eigenvalue weighted by atomic mass is 19.1. The van der Waals surface area contributed by atoms with Crippen LogP contribution in [0.3, 0.4) is 0 Å². The van der Waals surface area contributed by atoms with Gasteiger partial charge in [0, 0.05) is 31.7 Å². The summed E-state index contributed by atoms with van der Waals surface area (Å²) in [5, 5.41) is 9.23. The van der Waals surface area contributed by atoms with E-state index < -0.39 is 11.4 Å². The Labute approximate surface area is 164 Å². The van der Waals surface area contributed by atoms with Crippen LogP contribution in [0.4, 0.5) is 9.18 Å². The highest BCUT2D eigenvalue weighted by Crippen LogP contribution is 2.35. The number of benzene rings is 1. The molecule has 1 amide bonds. The summed E-state index contributed by atoms with van der Waals surface area (Å²) >= 11 is 0. The number of fused-ring (bicyclic) bond motifs is 1. The van der Waals surface area contributed by atoms with Gasteiger partial charge in [-0.05, 0) is 32.9 Å². The number of amides is 1. The lowest BCUT2D eigenvalue weighted by Crippen LogP contribution is -2.60. The molecule has 0 aromatic heterocycles. The smallest absolute Gasteiger partial charge is 0.410 e. The molecule has 3 rings (SSSR count). The summed E-state index contributed by atoms with van der Waals surface area (Å²) in [6, 6.07) is 4.81. The molecule has 0 radical (unpaired) electrons. The van der Waals surface area contributed by atoms with Crippen molar-refractivity contribution in [3.8, 4) is 11.8 Å². The van der Waals surface area contributed by atoms with Crippen LogP contribution in [-0.4, -0.2) is 67.4 Å². The molecule has 2 aliphatic rings. The standard InChI is InChI=1S/C20H26FN3O4/c1-20(2,3)28-19(25)24-8-7-23-11-17(27-12-13(23)10-24)14-5-6-16(21)15(9-22)18(14)26-4/h5-6,13,17H,7-8,10-12H2,1-4H3/t13-,17-/m0/s1. The third-order valence-corrected chi connectivity index (χ3v) is 4.95. The minimum absolute atomic E-state index is 0.0689. The summed E-state index contributed by atoms with van der Waals surface area (Å²) in [5.41, 5.74) is 0.0221. The number of hydrogen-bond acceptors (Lipinski definition) is 6. The van der Waals surface area contributed by atoms with Crippen molar-refractivity contribution >= 4 is 6.09 Å². The van der Waals surface area contributed by atoms with Gasteiger partial charge in [0.05, 0.1) is 25.9 Å². The number of halogens is 1. The average molecular weight is 391 g/mol. The summed E-state index contributed by atoms with van der Waals surface area (Å²) in [6.45, 7) is 8.35. The van der Waals surface area contributed by atoms with Gasteiger partial charge < -0.3 is 19.1 Å². The molecule has 8 heteroatoms. The van der Waals surface area contributed by atoms with Crippen LogP contribution in [-0.2, 0) is 9.47 Å². The largest absolute Gasteiger partial charge is 0.495 e. The summed E-state index contributed by atoms with van der Waals surface area (Å²) in [6.07, 6.45) is -0.639. The Balaban J connectivity index is 1.69. The average Bonchev–Trinajstić information content (AvgIpc) is 2.65. The van der Waals surface area contributed by atoms with E-state index in [2.05, 4.69) is 4.90 Å². The first-order chi connectivity index (χ1) is 13.2. The number of methoxy groups -OCH3 is 1. The predicted octanol–water partition coefficient (Wildman–Crippen LogP) is 2.70. The molecular weight excluding hydrogens is 365 g/mol. The maximum absolute atomic E-state index is 13.9. The molecule has 2 atom stereocenters. The molecule has 28 heavy (non-hydrogen) atoms. The van der Waals surface area contributed by atoms with Crippen molar-refractivity contribution in [2.45, 2.75) is 38.5 Å². The highest BCUT2D eigenvalue weighted by molar-refractivity contribution is 5.68. The van der Waals surface area contributed by atoms with Gasteiger partial charge in [0.25, 0.3) is 0 Å². The van der Waals surface area contributed by atoms with E-state index in [1.165, 1.54) is 13.2 Å². The van der Waals surface area contributed by atoms with Crippen LogP contribution in [0.1, 0.15) is 38.0 Å². The lowest BCUT2D eigenvalue weighted by atomic mass is 10.0. The van der Waals surface area contributed by atoms with Gasteiger partial charge in [0.15, 0.2) is 0 Å². The van der Waals surface area contributed by atoms with Crippen molar-refractivity contribution in [3.63, 3.8) is 0 Å². The number of rotatable bonds is 2. The van der Waals surface area contributed by atoms with E-state index in [0.717, 1.165) is 0 Å². The zero-order valence-electron chi connectivity index (χ0n) is 16.7. The van der Waals surface area contributed by atoms with Gasteiger partial charge in [-0.25, -0.2) is 9.18 Å². The van der Waals surface area contributed by atoms with Gasteiger partial charge in [0.2, 0.25) is 0 Å². The monoisotopic (exact) mass is 391 g/mol. The lowest BCUT2D eigenvalue weighted by Gasteiger charge is -2.46. The van der Waals surface area contributed by atoms with Crippen LogP contribution in [0.15, 0.2) is 12.1 Å². The van der Waals surface area contributed by atoms with Crippen molar-refractivity contribution < 1.29 is 23.4 Å². The van der Waals surface area contributed by atoms with Crippen molar-refractivity contribution in [2.75, 3.05) is 39.9 Å². The van der Waals surface area contributed by atoms with Crippen LogP contribution in [0, 0.1) is 17.1 Å². The second-order valence-corrected chi connectivity index (χ2v) is 8.05. The number of carbonyl (C=O) groups is 1. The molecular formula is C20H26FN3O4. The number of carbonyl (C=O) groups excluding carboxylic acids is 1. The number of nitrogens with zero attached hydrogens (tertiary/aromatic N) is 3. The number of nitriles is 1. The van der Waals surface area contributed by atoms with Crippen LogP contribution >= 0.6 is 0 Å². The van der Waals surface area contributed by atoms with Crippen LogP contribution in [0.2, 0.25) is 0 Å². The molecule has 0 N–H and O–H groups in total. The second-order valence-electron chi connectivity index (χ2n) is 8.05. The van der Waals surface area contributed by atoms with Gasteiger partial charge >= 0.3 is 6.09 Å². The molecule has 0 unspecified atom stereocenters. The minimum Gasteiger partial charge on any atom is -0.495 e. The first kappa shape index (κ1) is 20.4. The Bertz CT molecular complexity index is 787. The van der Waals surface area contributed by atoms with Crippen molar-refractivity contribution in [1.29, 1.82) is 5.26 Å². The molecule has 0 spiro atoms. The van der Waals surface area contributed by atoms with E-state index in [0.29, 0.717) is 38.3 Å². The van der Waals surface area contributed by atoms with E-state index in [-0.39, 0.29) is 29.6 Å². The quantitative estimate of drug-likeness (QED) is 0.772. The van der Waals surface area contributed by atoms with E-state index >= 15 is 0 Å². The Morgan fingerprint density at radius 1 is 1.32 bits per heavy atom. The lowest BCUT2D eigenvalue weighted by molar-refractivity contribution is -0.0911. The molecule has 2 saturated heterocycles. The van der Waals surface area contributed by atoms with Crippen LogP contribution in [0.5, 0.6) is 5.75 Å². The first-order valence-electron chi connectivity index (χ1n) is 9.33. The molecule has 2 aliphatic heterocycles. The molecule has 2 fully saturated rings. The molecule has 0 bridgehead atoms. The fourth-order valence-corrected chi connectivity index (χ4v) is 3.62. The molecule has 1 aromatic carbocycles. The normalized spacial score (nSPS) is 22.9. The minimum atomic E-state index is -0.609. The predicted molar refractivity (Wildman–Crippen MR) is 99.5 cm³/mol. The molecule has 2 heterocycles. The third-order valence-electron chi connectivity index (χ3n) is 4.95. The fourth-order valence-electron chi connectivity index (χ4n) is 3.62. The van der Waals surface area contributed by atoms with Crippen molar-refractivity contribution in [1.82, 2.24) is 9.80 Å². The summed E-state index contributed by atoms with van der Waals surface area (Å²) in [7, 11) is 1.42. The second kappa shape index (κ2) is 7.94. The molecule has 0 aliphatic carbocycles. The Morgan fingerprint density at radius 2 is 2.07 bits per heavy atom. The summed E-state index contributed by atoms with van der Waals surface area (Å²) < 4.78 is 30.7. The van der Waals surface area contributed by atoms with Gasteiger partial charge in [-0.3, -0.25) is 4.90 Å². The zero-order valence-corrected chi connectivity index (χ0v) is 16.7. The van der Waals surface area contributed by atoms with Crippen molar-refractivity contribution in [3.05, 3.63) is 29.1 Å². The zero-order chi connectivity index (χ0) is 20.5. The fraction of sp³-hybridized carbons (Fsp3) is 0.600. The van der Waals surface area contributed by atoms with Gasteiger partial charge in [-0.1, -0.05) is 0 Å². The highest BCUT2D eigenvalue weighted by Gasteiger charge is 2.37. The third kappa shape index (κ3) is 4.21. The molecule has 1 aromatic rings. The number of hydrogen-bond donors (Lipinski definition) is 0. The Hall–Kier alpha value is -2.37. The Morgan fingerprint density at radius 3 is 2.71 bits per heavy atom. The van der Waals surface area contributed by atoms with E-state index in [1.807, 2.05) is 26.8 Å². The first-order valence-corrected chi connectivity index (χ1v) is 9.33. The Kier molecular flexibility index (Phi) is 5.77. The van der Waals surface area contributed by atoms with Crippen molar-refractivity contribution in [2.24, 2.45) is 0 Å². The number of morpholine rings is 1. The van der Waals surface area contributed by atoms with Crippen LogP contribution in [0.25, 0.3) is 0 Å². The van der Waals surface area contributed by atoms with E-state index in [9.17, 15) is 14.4 Å². The summed E-state index contributed by atoms with van der Waals surface area (Å²) in [5.74, 6) is -0.388. The number of piperazine rings is 1. The topological polar surface area (TPSA) is 75.0 Å². The number of ether oxygens (including phenoxy) is 3. The maximum Gasteiger partial charge on any atom is 0.410 e.